The predicted octanol–water partition coefficient (Wildman–Crippen LogP) is 2.76. The van der Waals surface area contributed by atoms with Crippen molar-refractivity contribution in [1.82, 2.24) is 14.8 Å². The van der Waals surface area contributed by atoms with Crippen molar-refractivity contribution < 1.29 is 19.1 Å². The Morgan fingerprint density at radius 1 is 1.30 bits per heavy atom. The third kappa shape index (κ3) is 6.00. The summed E-state index contributed by atoms with van der Waals surface area (Å²) in [6.07, 6.45) is 3.14. The van der Waals surface area contributed by atoms with Gasteiger partial charge in [-0.2, -0.15) is 0 Å². The molecule has 0 atom stereocenters. The molecule has 0 spiro atoms. The van der Waals surface area contributed by atoms with Crippen molar-refractivity contribution in [3.05, 3.63) is 59.7 Å². The molecule has 2 aromatic rings. The first-order chi connectivity index (χ1) is 14.3. The summed E-state index contributed by atoms with van der Waals surface area (Å²) in [5.41, 5.74) is 2.17. The van der Waals surface area contributed by atoms with Crippen LogP contribution in [0.5, 0.6) is 0 Å². The van der Waals surface area contributed by atoms with Gasteiger partial charge in [-0.05, 0) is 49.6 Å². The molecule has 1 fully saturated rings. The van der Waals surface area contributed by atoms with E-state index < -0.39 is 5.54 Å². The number of likely N-dealkylation sites (N-methyl/N-ethyl adjacent to an activating group) is 1. The Labute approximate surface area is 176 Å². The van der Waals surface area contributed by atoms with Crippen LogP contribution < -0.4 is 5.32 Å². The fourth-order valence-corrected chi connectivity index (χ4v) is 3.65. The van der Waals surface area contributed by atoms with Crippen LogP contribution in [0.3, 0.4) is 0 Å². The number of halogens is 1. The first-order valence-corrected chi connectivity index (χ1v) is 9.77. The predicted molar refractivity (Wildman–Crippen MR) is 114 cm³/mol. The zero-order valence-electron chi connectivity index (χ0n) is 17.6. The molecule has 2 heterocycles. The molecule has 7 nitrogen and oxygen atoms in total. The van der Waals surface area contributed by atoms with Gasteiger partial charge in [0, 0.05) is 45.6 Å². The maximum absolute atomic E-state index is 13.6. The summed E-state index contributed by atoms with van der Waals surface area (Å²) >= 11 is 0. The molecule has 8 heteroatoms. The van der Waals surface area contributed by atoms with E-state index in [-0.39, 0.29) is 18.2 Å². The fourth-order valence-electron chi connectivity index (χ4n) is 3.65. The minimum atomic E-state index is -0.715. The first-order valence-electron chi connectivity index (χ1n) is 9.77. The zero-order chi connectivity index (χ0) is 22.1. The van der Waals surface area contributed by atoms with Crippen LogP contribution in [0.15, 0.2) is 42.6 Å². The third-order valence-corrected chi connectivity index (χ3v) is 5.22. The van der Waals surface area contributed by atoms with E-state index in [0.29, 0.717) is 18.5 Å². The van der Waals surface area contributed by atoms with E-state index in [0.717, 1.165) is 25.3 Å². The number of anilines is 1. The van der Waals surface area contributed by atoms with E-state index in [2.05, 4.69) is 28.2 Å². The maximum Gasteiger partial charge on any atom is 0.290 e. The fraction of sp³-hybridized carbons (Fsp3) is 0.409. The molecule has 1 aliphatic heterocycles. The molecule has 1 aromatic carbocycles. The second-order valence-electron chi connectivity index (χ2n) is 7.57. The number of rotatable bonds is 5. The van der Waals surface area contributed by atoms with Gasteiger partial charge in [0.25, 0.3) is 6.47 Å². The van der Waals surface area contributed by atoms with E-state index in [1.165, 1.54) is 17.7 Å². The zero-order valence-corrected chi connectivity index (χ0v) is 17.6. The largest absolute Gasteiger partial charge is 0.483 e. The quantitative estimate of drug-likeness (QED) is 0.729. The average Bonchev–Trinajstić information content (AvgIpc) is 2.71. The minimum absolute atomic E-state index is 0.0282. The molecule has 0 aliphatic carbocycles. The number of nitrogens with one attached hydrogen (secondary N) is 1. The average molecular weight is 416 g/mol. The highest BCUT2D eigenvalue weighted by Gasteiger charge is 2.42. The maximum atomic E-state index is 13.6. The Hall–Kier alpha value is -3.00. The normalized spacial score (nSPS) is 15.5. The van der Waals surface area contributed by atoms with Crippen molar-refractivity contribution in [3.8, 4) is 0 Å². The lowest BCUT2D eigenvalue weighted by Gasteiger charge is -2.43. The van der Waals surface area contributed by atoms with E-state index >= 15 is 0 Å². The summed E-state index contributed by atoms with van der Waals surface area (Å²) in [6, 6.07) is 10.3. The number of likely N-dealkylation sites (tertiary alicyclic amines) is 1. The highest BCUT2D eigenvalue weighted by atomic mass is 19.1. The third-order valence-electron chi connectivity index (χ3n) is 5.22. The van der Waals surface area contributed by atoms with Crippen LogP contribution in [-0.4, -0.2) is 65.0 Å². The van der Waals surface area contributed by atoms with Gasteiger partial charge >= 0.3 is 0 Å². The molecule has 0 saturated carbocycles. The van der Waals surface area contributed by atoms with Crippen molar-refractivity contribution in [2.45, 2.75) is 31.8 Å². The molecule has 0 unspecified atom stereocenters. The van der Waals surface area contributed by atoms with Gasteiger partial charge < -0.3 is 15.3 Å². The Bertz CT molecular complexity index is 852. The molecule has 162 valence electrons. The van der Waals surface area contributed by atoms with Crippen LogP contribution in [0.2, 0.25) is 0 Å². The number of carbonyl (C=O) groups excluding carboxylic acids is 1. The summed E-state index contributed by atoms with van der Waals surface area (Å²) in [7, 11) is 3.53. The molecule has 2 N–H and O–H groups in total. The summed E-state index contributed by atoms with van der Waals surface area (Å²) in [5.74, 6) is -0.282. The van der Waals surface area contributed by atoms with Crippen LogP contribution in [0.25, 0.3) is 0 Å². The van der Waals surface area contributed by atoms with Crippen molar-refractivity contribution in [3.63, 3.8) is 0 Å². The standard InChI is InChI=1S/C21H27FN4O.CH2O2/c1-16-6-5-11-23-19(16)15-26-12-9-21(10-13-26,20(27)25(2)3)24-18-8-4-7-17(22)14-18;2-1-3/h4-8,11,14,24H,9-10,12-13,15H2,1-3H3;1H,(H,2,3). The van der Waals surface area contributed by atoms with Crippen LogP contribution in [0, 0.1) is 12.7 Å². The molecular weight excluding hydrogens is 387 g/mol. The van der Waals surface area contributed by atoms with Crippen molar-refractivity contribution in [2.75, 3.05) is 32.5 Å². The number of amides is 1. The van der Waals surface area contributed by atoms with Crippen molar-refractivity contribution >= 4 is 18.1 Å². The number of hydrogen-bond donors (Lipinski definition) is 2. The highest BCUT2D eigenvalue weighted by molar-refractivity contribution is 5.89. The Kier molecular flexibility index (Phi) is 8.29. The van der Waals surface area contributed by atoms with Crippen LogP contribution >= 0.6 is 0 Å². The number of pyridine rings is 1. The van der Waals surface area contributed by atoms with E-state index in [1.807, 2.05) is 12.3 Å². The van der Waals surface area contributed by atoms with Gasteiger partial charge in [0.1, 0.15) is 11.4 Å². The van der Waals surface area contributed by atoms with Gasteiger partial charge in [-0.3, -0.25) is 19.5 Å². The number of aryl methyl sites for hydroxylation is 1. The lowest BCUT2D eigenvalue weighted by Crippen LogP contribution is -2.57. The minimum Gasteiger partial charge on any atom is -0.483 e. The van der Waals surface area contributed by atoms with E-state index in [9.17, 15) is 9.18 Å². The monoisotopic (exact) mass is 416 g/mol. The second kappa shape index (κ2) is 10.7. The summed E-state index contributed by atoms with van der Waals surface area (Å²) < 4.78 is 13.6. The molecule has 30 heavy (non-hydrogen) atoms. The Morgan fingerprint density at radius 3 is 2.53 bits per heavy atom. The molecule has 0 radical (unpaired) electrons. The van der Waals surface area contributed by atoms with Gasteiger partial charge in [0.15, 0.2) is 0 Å². The SMILES string of the molecule is Cc1cccnc1CN1CCC(Nc2cccc(F)c2)(C(=O)N(C)C)CC1.O=CO. The highest BCUT2D eigenvalue weighted by Crippen LogP contribution is 2.30. The van der Waals surface area contributed by atoms with Crippen LogP contribution in [-0.2, 0) is 16.1 Å². The number of piperidine rings is 1. The van der Waals surface area contributed by atoms with Crippen LogP contribution in [0.1, 0.15) is 24.1 Å². The Balaban J connectivity index is 0.00000101. The smallest absolute Gasteiger partial charge is 0.290 e. The summed E-state index contributed by atoms with van der Waals surface area (Å²) in [6.45, 7) is 4.15. The molecular formula is C22H29FN4O3. The number of carbonyl (C=O) groups is 2. The number of carboxylic acid groups (broad SMARTS) is 1. The summed E-state index contributed by atoms with van der Waals surface area (Å²) in [4.78, 5) is 29.7. The lowest BCUT2D eigenvalue weighted by atomic mass is 9.85. The van der Waals surface area contributed by atoms with Crippen molar-refractivity contribution in [1.29, 1.82) is 0 Å². The molecule has 3 rings (SSSR count). The van der Waals surface area contributed by atoms with Gasteiger partial charge in [0.2, 0.25) is 5.91 Å². The van der Waals surface area contributed by atoms with Gasteiger partial charge in [-0.25, -0.2) is 4.39 Å². The van der Waals surface area contributed by atoms with Crippen molar-refractivity contribution in [2.24, 2.45) is 0 Å². The molecule has 1 aliphatic rings. The molecule has 0 bridgehead atoms. The number of hydrogen-bond acceptors (Lipinski definition) is 5. The topological polar surface area (TPSA) is 85.8 Å². The number of benzene rings is 1. The summed E-state index contributed by atoms with van der Waals surface area (Å²) in [5, 5.41) is 10.2. The molecule has 1 aromatic heterocycles. The van der Waals surface area contributed by atoms with Gasteiger partial charge in [0.05, 0.1) is 5.69 Å². The van der Waals surface area contributed by atoms with E-state index in [1.54, 1.807) is 31.1 Å². The Morgan fingerprint density at radius 2 is 1.97 bits per heavy atom. The lowest BCUT2D eigenvalue weighted by molar-refractivity contribution is -0.135. The van der Waals surface area contributed by atoms with Gasteiger partial charge in [-0.15, -0.1) is 0 Å². The molecule has 1 saturated heterocycles. The van der Waals surface area contributed by atoms with E-state index in [4.69, 9.17) is 9.90 Å². The molecule has 1 amide bonds. The van der Waals surface area contributed by atoms with Gasteiger partial charge in [-0.1, -0.05) is 12.1 Å². The second-order valence-corrected chi connectivity index (χ2v) is 7.57. The number of aromatic nitrogens is 1. The first kappa shape index (κ1) is 23.3. The number of nitrogens with zero attached hydrogens (tertiary/aromatic N) is 3. The van der Waals surface area contributed by atoms with Crippen LogP contribution in [0.4, 0.5) is 10.1 Å².